The number of alkyl carbamates (subject to hydrolysis) is 1. The lowest BCUT2D eigenvalue weighted by Gasteiger charge is -2.19. The number of nitrogens with zero attached hydrogens (tertiary/aromatic N) is 3. The minimum Gasteiger partial charge on any atom is -0.450 e. The number of carbonyl (C=O) groups excluding carboxylic acids is 1. The highest BCUT2D eigenvalue weighted by Crippen LogP contribution is 2.31. The van der Waals surface area contributed by atoms with E-state index in [2.05, 4.69) is 43.8 Å². The first-order valence-electron chi connectivity index (χ1n) is 10.4. The Balaban J connectivity index is 1.79. The fraction of sp³-hybridized carbons (Fsp3) is 0.500. The minimum atomic E-state index is -0.377. The smallest absolute Gasteiger partial charge is 0.407 e. The SMILES string of the molecule is CCCc1nc2c(N)nc3cc(Br)ccc3c2n1CCCCOC(=O)NC(C)(C)C. The van der Waals surface area contributed by atoms with Crippen LogP contribution in [0.4, 0.5) is 10.6 Å². The van der Waals surface area contributed by atoms with E-state index in [1.54, 1.807) is 0 Å². The van der Waals surface area contributed by atoms with Crippen LogP contribution in [0.3, 0.4) is 0 Å². The summed E-state index contributed by atoms with van der Waals surface area (Å²) in [6, 6.07) is 6.05. The van der Waals surface area contributed by atoms with E-state index in [-0.39, 0.29) is 11.6 Å². The molecule has 8 heteroatoms. The number of nitrogens with two attached hydrogens (primary N) is 1. The summed E-state index contributed by atoms with van der Waals surface area (Å²) in [5, 5.41) is 3.84. The third kappa shape index (κ3) is 5.22. The van der Waals surface area contributed by atoms with E-state index in [0.717, 1.165) is 64.5 Å². The fourth-order valence-electron chi connectivity index (χ4n) is 3.47. The van der Waals surface area contributed by atoms with E-state index in [9.17, 15) is 4.79 Å². The molecule has 0 bridgehead atoms. The molecule has 2 heterocycles. The number of imidazole rings is 1. The Morgan fingerprint density at radius 3 is 2.73 bits per heavy atom. The molecule has 0 fully saturated rings. The number of unbranched alkanes of at least 4 members (excludes halogenated alkanes) is 1. The fourth-order valence-corrected chi connectivity index (χ4v) is 3.81. The monoisotopic (exact) mass is 475 g/mol. The van der Waals surface area contributed by atoms with Crippen LogP contribution in [-0.2, 0) is 17.7 Å². The number of nitrogen functional groups attached to an aromatic ring is 1. The van der Waals surface area contributed by atoms with Crippen LogP contribution in [0.5, 0.6) is 0 Å². The van der Waals surface area contributed by atoms with Gasteiger partial charge in [-0.2, -0.15) is 0 Å². The molecule has 2 aromatic heterocycles. The molecule has 3 N–H and O–H groups in total. The Hall–Kier alpha value is -2.35. The predicted octanol–water partition coefficient (Wildman–Crippen LogP) is 5.19. The van der Waals surface area contributed by atoms with Gasteiger partial charge in [0.05, 0.1) is 17.6 Å². The number of fused-ring (bicyclic) bond motifs is 3. The van der Waals surface area contributed by atoms with E-state index in [1.807, 2.05) is 32.9 Å². The third-order valence-corrected chi connectivity index (χ3v) is 5.20. The summed E-state index contributed by atoms with van der Waals surface area (Å²) >= 11 is 3.51. The third-order valence-electron chi connectivity index (χ3n) is 4.70. The van der Waals surface area contributed by atoms with Gasteiger partial charge in [-0.3, -0.25) is 0 Å². The molecule has 0 saturated carbocycles. The Morgan fingerprint density at radius 1 is 1.27 bits per heavy atom. The number of rotatable bonds is 7. The number of hydrogen-bond acceptors (Lipinski definition) is 5. The van der Waals surface area contributed by atoms with Crippen LogP contribution < -0.4 is 11.1 Å². The van der Waals surface area contributed by atoms with E-state index in [0.29, 0.717) is 12.4 Å². The number of pyridine rings is 1. The van der Waals surface area contributed by atoms with Crippen molar-refractivity contribution in [3.8, 4) is 0 Å². The zero-order valence-electron chi connectivity index (χ0n) is 18.1. The van der Waals surface area contributed by atoms with Gasteiger partial charge in [0.15, 0.2) is 5.82 Å². The average Bonchev–Trinajstić information content (AvgIpc) is 2.99. The standard InChI is InChI=1S/C22H30BrN5O2/c1-5-8-17-26-18-19(15-10-9-14(23)13-16(15)25-20(18)24)28(17)11-6-7-12-30-21(29)27-22(2,3)4/h9-10,13H,5-8,11-12H2,1-4H3,(H2,24,25)(H,27,29). The Morgan fingerprint density at radius 2 is 2.03 bits per heavy atom. The summed E-state index contributed by atoms with van der Waals surface area (Å²) in [5.74, 6) is 1.47. The van der Waals surface area contributed by atoms with Gasteiger partial charge in [0, 0.05) is 28.4 Å². The van der Waals surface area contributed by atoms with Crippen molar-refractivity contribution in [2.24, 2.45) is 0 Å². The first-order chi connectivity index (χ1) is 14.2. The second-order valence-corrected chi connectivity index (χ2v) is 9.42. The lowest BCUT2D eigenvalue weighted by atomic mass is 10.1. The maximum atomic E-state index is 11.8. The molecule has 3 rings (SSSR count). The largest absolute Gasteiger partial charge is 0.450 e. The molecular weight excluding hydrogens is 446 g/mol. The second-order valence-electron chi connectivity index (χ2n) is 8.50. The van der Waals surface area contributed by atoms with Gasteiger partial charge in [0.1, 0.15) is 11.3 Å². The number of amides is 1. The molecular formula is C22H30BrN5O2. The van der Waals surface area contributed by atoms with Gasteiger partial charge in [-0.25, -0.2) is 14.8 Å². The van der Waals surface area contributed by atoms with Crippen LogP contribution in [0.1, 0.15) is 52.8 Å². The van der Waals surface area contributed by atoms with Gasteiger partial charge in [-0.15, -0.1) is 0 Å². The number of benzene rings is 1. The molecule has 0 aliphatic rings. The molecule has 0 aliphatic carbocycles. The highest BCUT2D eigenvalue weighted by Gasteiger charge is 2.17. The zero-order chi connectivity index (χ0) is 21.9. The number of aryl methyl sites for hydroxylation is 2. The molecule has 0 radical (unpaired) electrons. The van der Waals surface area contributed by atoms with Gasteiger partial charge in [-0.1, -0.05) is 22.9 Å². The summed E-state index contributed by atoms with van der Waals surface area (Å²) in [5.41, 5.74) is 8.58. The normalized spacial score (nSPS) is 11.9. The molecule has 30 heavy (non-hydrogen) atoms. The summed E-state index contributed by atoms with van der Waals surface area (Å²) < 4.78 is 8.51. The van der Waals surface area contributed by atoms with Crippen molar-refractivity contribution in [3.63, 3.8) is 0 Å². The Bertz CT molecular complexity index is 1060. The van der Waals surface area contributed by atoms with Gasteiger partial charge in [0.2, 0.25) is 0 Å². The molecule has 7 nitrogen and oxygen atoms in total. The highest BCUT2D eigenvalue weighted by atomic mass is 79.9. The maximum absolute atomic E-state index is 11.8. The second kappa shape index (κ2) is 9.20. The van der Waals surface area contributed by atoms with Crippen LogP contribution in [0.2, 0.25) is 0 Å². The van der Waals surface area contributed by atoms with Crippen LogP contribution in [-0.4, -0.2) is 32.8 Å². The van der Waals surface area contributed by atoms with Gasteiger partial charge >= 0.3 is 6.09 Å². The molecule has 0 spiro atoms. The molecule has 0 saturated heterocycles. The van der Waals surface area contributed by atoms with Gasteiger partial charge < -0.3 is 20.4 Å². The quantitative estimate of drug-likeness (QED) is 0.458. The zero-order valence-corrected chi connectivity index (χ0v) is 19.7. The van der Waals surface area contributed by atoms with Crippen LogP contribution in [0.25, 0.3) is 21.9 Å². The van der Waals surface area contributed by atoms with Crippen molar-refractivity contribution in [1.82, 2.24) is 19.9 Å². The Kier molecular flexibility index (Phi) is 6.85. The van der Waals surface area contributed by atoms with Crippen LogP contribution in [0.15, 0.2) is 22.7 Å². The van der Waals surface area contributed by atoms with Crippen LogP contribution in [0, 0.1) is 0 Å². The summed E-state index contributed by atoms with van der Waals surface area (Å²) in [7, 11) is 0. The lowest BCUT2D eigenvalue weighted by molar-refractivity contribution is 0.135. The molecule has 0 unspecified atom stereocenters. The molecule has 162 valence electrons. The molecule has 1 aromatic carbocycles. The number of hydrogen-bond donors (Lipinski definition) is 2. The maximum Gasteiger partial charge on any atom is 0.407 e. The highest BCUT2D eigenvalue weighted by molar-refractivity contribution is 9.10. The predicted molar refractivity (Wildman–Crippen MR) is 125 cm³/mol. The minimum absolute atomic E-state index is 0.300. The first kappa shape index (κ1) is 22.3. The van der Waals surface area contributed by atoms with Crippen molar-refractivity contribution in [2.75, 3.05) is 12.3 Å². The van der Waals surface area contributed by atoms with E-state index in [4.69, 9.17) is 15.5 Å². The van der Waals surface area contributed by atoms with E-state index in [1.165, 1.54) is 0 Å². The molecule has 1 amide bonds. The van der Waals surface area contributed by atoms with Gasteiger partial charge in [-0.05, 0) is 58.2 Å². The summed E-state index contributed by atoms with van der Waals surface area (Å²) in [4.78, 5) is 21.2. The van der Waals surface area contributed by atoms with Crippen LogP contribution >= 0.6 is 15.9 Å². The number of nitrogens with one attached hydrogen (secondary N) is 1. The number of anilines is 1. The van der Waals surface area contributed by atoms with Crippen molar-refractivity contribution < 1.29 is 9.53 Å². The van der Waals surface area contributed by atoms with E-state index < -0.39 is 0 Å². The topological polar surface area (TPSA) is 95.1 Å². The first-order valence-corrected chi connectivity index (χ1v) is 11.2. The van der Waals surface area contributed by atoms with Crippen molar-refractivity contribution >= 4 is 49.8 Å². The summed E-state index contributed by atoms with van der Waals surface area (Å²) in [6.07, 6.45) is 3.13. The molecule has 0 aliphatic heterocycles. The summed E-state index contributed by atoms with van der Waals surface area (Å²) in [6.45, 7) is 9.09. The number of ether oxygens (including phenoxy) is 1. The average molecular weight is 476 g/mol. The van der Waals surface area contributed by atoms with Gasteiger partial charge in [0.25, 0.3) is 0 Å². The number of carbonyl (C=O) groups is 1. The van der Waals surface area contributed by atoms with Crippen molar-refractivity contribution in [2.45, 2.75) is 65.5 Å². The van der Waals surface area contributed by atoms with Crippen molar-refractivity contribution in [3.05, 3.63) is 28.5 Å². The van der Waals surface area contributed by atoms with Crippen molar-refractivity contribution in [1.29, 1.82) is 0 Å². The Labute approximate surface area is 185 Å². The number of halogens is 1. The number of aromatic nitrogens is 3. The molecule has 0 atom stereocenters. The lowest BCUT2D eigenvalue weighted by Crippen LogP contribution is -2.41. The van der Waals surface area contributed by atoms with E-state index >= 15 is 0 Å². The molecule has 3 aromatic rings.